The van der Waals surface area contributed by atoms with Crippen LogP contribution in [0.1, 0.15) is 69.2 Å². The number of carbonyl (C=O) groups is 1. The molecule has 0 aliphatic heterocycles. The van der Waals surface area contributed by atoms with E-state index in [1.807, 2.05) is 6.07 Å². The van der Waals surface area contributed by atoms with E-state index in [1.54, 1.807) is 6.07 Å². The lowest BCUT2D eigenvalue weighted by Gasteiger charge is -2.30. The smallest absolute Gasteiger partial charge is 0.248 e. The topological polar surface area (TPSA) is 62.0 Å². The summed E-state index contributed by atoms with van der Waals surface area (Å²) in [5, 5.41) is 3.20. The predicted molar refractivity (Wildman–Crippen MR) is 86.6 cm³/mol. The minimum absolute atomic E-state index is 0.0539. The van der Waals surface area contributed by atoms with Gasteiger partial charge in [0, 0.05) is 18.2 Å². The third kappa shape index (κ3) is 3.42. The van der Waals surface area contributed by atoms with Crippen LogP contribution in [0.5, 0.6) is 0 Å². The quantitative estimate of drug-likeness (QED) is 0.901. The van der Waals surface area contributed by atoms with Crippen LogP contribution in [0.25, 0.3) is 0 Å². The molecule has 2 aliphatic rings. The number of aromatic amines is 1. The molecule has 120 valence electrons. The van der Waals surface area contributed by atoms with Gasteiger partial charge in [0.25, 0.3) is 0 Å². The Bertz CT molecular complexity index is 593. The summed E-state index contributed by atoms with van der Waals surface area (Å²) >= 11 is 0. The van der Waals surface area contributed by atoms with Crippen molar-refractivity contribution in [1.82, 2.24) is 10.3 Å². The summed E-state index contributed by atoms with van der Waals surface area (Å²) in [5.41, 5.74) is 2.03. The van der Waals surface area contributed by atoms with E-state index < -0.39 is 0 Å². The van der Waals surface area contributed by atoms with E-state index in [2.05, 4.69) is 17.2 Å². The highest BCUT2D eigenvalue weighted by Crippen LogP contribution is 2.33. The summed E-state index contributed by atoms with van der Waals surface area (Å²) in [6.45, 7) is 2.28. The van der Waals surface area contributed by atoms with Crippen LogP contribution in [0.4, 0.5) is 0 Å². The fourth-order valence-electron chi connectivity index (χ4n) is 4.04. The van der Waals surface area contributed by atoms with Gasteiger partial charge in [-0.3, -0.25) is 9.59 Å². The molecule has 0 radical (unpaired) electrons. The molecule has 1 saturated carbocycles. The van der Waals surface area contributed by atoms with Gasteiger partial charge in [-0.2, -0.15) is 0 Å². The lowest BCUT2D eigenvalue weighted by molar-refractivity contribution is -0.123. The summed E-state index contributed by atoms with van der Waals surface area (Å²) in [5.74, 6) is 1.37. The molecule has 0 saturated heterocycles. The van der Waals surface area contributed by atoms with Crippen LogP contribution in [0, 0.1) is 11.8 Å². The zero-order valence-electron chi connectivity index (χ0n) is 13.4. The molecule has 1 aromatic rings. The number of rotatable bonds is 3. The molecule has 4 nitrogen and oxygen atoms in total. The van der Waals surface area contributed by atoms with Gasteiger partial charge in [0.05, 0.1) is 6.04 Å². The Morgan fingerprint density at radius 1 is 1.23 bits per heavy atom. The van der Waals surface area contributed by atoms with Crippen molar-refractivity contribution in [1.29, 1.82) is 0 Å². The normalized spacial score (nSPS) is 28.0. The molecule has 0 bridgehead atoms. The Morgan fingerprint density at radius 3 is 2.86 bits per heavy atom. The third-order valence-corrected chi connectivity index (χ3v) is 5.40. The van der Waals surface area contributed by atoms with Crippen molar-refractivity contribution in [3.8, 4) is 0 Å². The number of amides is 1. The summed E-state index contributed by atoms with van der Waals surface area (Å²) in [7, 11) is 0. The highest BCUT2D eigenvalue weighted by atomic mass is 16.1. The van der Waals surface area contributed by atoms with Gasteiger partial charge in [0.1, 0.15) is 0 Å². The first-order valence-corrected chi connectivity index (χ1v) is 8.65. The predicted octanol–water partition coefficient (Wildman–Crippen LogP) is 3.08. The van der Waals surface area contributed by atoms with Crippen molar-refractivity contribution in [3.05, 3.63) is 33.7 Å². The average Bonchev–Trinajstić information content (AvgIpc) is 2.49. The Hall–Kier alpha value is -1.58. The molecular formula is C18H26N2O2. The molecule has 22 heavy (non-hydrogen) atoms. The van der Waals surface area contributed by atoms with Crippen molar-refractivity contribution in [2.45, 2.75) is 64.3 Å². The molecule has 0 aromatic carbocycles. The molecule has 1 amide bonds. The molecule has 0 spiro atoms. The highest BCUT2D eigenvalue weighted by Gasteiger charge is 2.26. The number of aryl methyl sites for hydroxylation is 1. The van der Waals surface area contributed by atoms with Gasteiger partial charge < -0.3 is 10.3 Å². The van der Waals surface area contributed by atoms with Gasteiger partial charge in [-0.15, -0.1) is 0 Å². The van der Waals surface area contributed by atoms with Gasteiger partial charge in [0.2, 0.25) is 11.5 Å². The second-order valence-corrected chi connectivity index (χ2v) is 6.99. The van der Waals surface area contributed by atoms with Crippen molar-refractivity contribution in [2.24, 2.45) is 11.8 Å². The van der Waals surface area contributed by atoms with E-state index in [4.69, 9.17) is 0 Å². The van der Waals surface area contributed by atoms with Crippen LogP contribution in [0.15, 0.2) is 16.9 Å². The first-order valence-electron chi connectivity index (χ1n) is 8.65. The fourth-order valence-corrected chi connectivity index (χ4v) is 4.04. The summed E-state index contributed by atoms with van der Waals surface area (Å²) in [4.78, 5) is 26.8. The van der Waals surface area contributed by atoms with Gasteiger partial charge in [-0.25, -0.2) is 0 Å². The Labute approximate surface area is 131 Å². The summed E-state index contributed by atoms with van der Waals surface area (Å²) in [6.07, 6.45) is 8.53. The number of hydrogen-bond donors (Lipinski definition) is 2. The van der Waals surface area contributed by atoms with Crippen molar-refractivity contribution >= 4 is 5.91 Å². The number of nitrogens with one attached hydrogen (secondary N) is 2. The average molecular weight is 302 g/mol. The Kier molecular flexibility index (Phi) is 4.65. The number of fused-ring (bicyclic) bond motifs is 1. The van der Waals surface area contributed by atoms with E-state index in [0.29, 0.717) is 18.3 Å². The number of H-pyrrole nitrogens is 1. The Balaban J connectivity index is 1.64. The Morgan fingerprint density at radius 2 is 2.05 bits per heavy atom. The third-order valence-electron chi connectivity index (χ3n) is 5.40. The van der Waals surface area contributed by atoms with Crippen LogP contribution in [-0.2, 0) is 11.2 Å². The van der Waals surface area contributed by atoms with Crippen LogP contribution in [0.2, 0.25) is 0 Å². The van der Waals surface area contributed by atoms with E-state index in [0.717, 1.165) is 30.5 Å². The molecular weight excluding hydrogens is 276 g/mol. The van der Waals surface area contributed by atoms with Gasteiger partial charge in [-0.05, 0) is 49.1 Å². The molecule has 2 aliphatic carbocycles. The SMILES string of the molecule is C[C@@H]1CCCC[C@H]1CC(=O)N[C@@H]1CCCc2[nH]c(=O)ccc21. The fraction of sp³-hybridized carbons (Fsp3) is 0.667. The van der Waals surface area contributed by atoms with Gasteiger partial charge in [-0.1, -0.05) is 26.2 Å². The zero-order valence-corrected chi connectivity index (χ0v) is 13.4. The summed E-state index contributed by atoms with van der Waals surface area (Å²) in [6, 6.07) is 3.50. The first kappa shape index (κ1) is 15.3. The highest BCUT2D eigenvalue weighted by molar-refractivity contribution is 5.76. The molecule has 3 atom stereocenters. The maximum absolute atomic E-state index is 12.4. The number of hydrogen-bond acceptors (Lipinski definition) is 2. The van der Waals surface area contributed by atoms with Crippen molar-refractivity contribution in [2.75, 3.05) is 0 Å². The molecule has 1 fully saturated rings. The van der Waals surface area contributed by atoms with E-state index in [-0.39, 0.29) is 17.5 Å². The standard InChI is InChI=1S/C18H26N2O2/c1-12-5-2-3-6-13(12)11-18(22)20-16-8-4-7-15-14(16)9-10-17(21)19-15/h9-10,12-13,16H,2-8,11H2,1H3,(H,19,21)(H,20,22)/t12-,13+,16-/m1/s1. The minimum atomic E-state index is -0.0539. The zero-order chi connectivity index (χ0) is 15.5. The van der Waals surface area contributed by atoms with E-state index >= 15 is 0 Å². The van der Waals surface area contributed by atoms with Crippen LogP contribution < -0.4 is 10.9 Å². The lowest BCUT2D eigenvalue weighted by atomic mass is 9.78. The monoisotopic (exact) mass is 302 g/mol. The largest absolute Gasteiger partial charge is 0.349 e. The van der Waals surface area contributed by atoms with E-state index in [1.165, 1.54) is 25.7 Å². The van der Waals surface area contributed by atoms with E-state index in [9.17, 15) is 9.59 Å². The molecule has 1 heterocycles. The maximum Gasteiger partial charge on any atom is 0.248 e. The van der Waals surface area contributed by atoms with Crippen molar-refractivity contribution < 1.29 is 4.79 Å². The van der Waals surface area contributed by atoms with Gasteiger partial charge >= 0.3 is 0 Å². The summed E-state index contributed by atoms with van der Waals surface area (Å²) < 4.78 is 0. The molecule has 4 heteroatoms. The molecule has 1 aromatic heterocycles. The molecule has 3 rings (SSSR count). The minimum Gasteiger partial charge on any atom is -0.349 e. The first-order chi connectivity index (χ1) is 10.6. The molecule has 2 N–H and O–H groups in total. The van der Waals surface area contributed by atoms with Gasteiger partial charge in [0.15, 0.2) is 0 Å². The van der Waals surface area contributed by atoms with Crippen LogP contribution in [0.3, 0.4) is 0 Å². The second kappa shape index (κ2) is 6.67. The van der Waals surface area contributed by atoms with Crippen LogP contribution in [-0.4, -0.2) is 10.9 Å². The number of carbonyl (C=O) groups excluding carboxylic acids is 1. The number of aromatic nitrogens is 1. The lowest BCUT2D eigenvalue weighted by Crippen LogP contribution is -2.34. The number of pyridine rings is 1. The molecule has 0 unspecified atom stereocenters. The maximum atomic E-state index is 12.4. The van der Waals surface area contributed by atoms with Crippen molar-refractivity contribution in [3.63, 3.8) is 0 Å². The van der Waals surface area contributed by atoms with Crippen LogP contribution >= 0.6 is 0 Å². The second-order valence-electron chi connectivity index (χ2n) is 6.99.